The number of amides is 1. The number of nitrogens with zero attached hydrogens (tertiary/aromatic N) is 1. The predicted molar refractivity (Wildman–Crippen MR) is 113 cm³/mol. The first kappa shape index (κ1) is 17.5. The second kappa shape index (κ2) is 7.40. The zero-order valence-electron chi connectivity index (χ0n) is 14.4. The molecule has 0 radical (unpaired) electrons. The fourth-order valence-corrected chi connectivity index (χ4v) is 3.42. The first-order chi connectivity index (χ1) is 13.2. The van der Waals surface area contributed by atoms with E-state index in [4.69, 9.17) is 9.15 Å². The standard InChI is InChI=1S/C21H15IN2O3/c1-26-18-9-5-3-7-15(18)21-24-17-12-13(10-11-19(17)27-21)23-20(25)14-6-2-4-8-16(14)22/h2-12H,1H3,(H,23,25). The van der Waals surface area contributed by atoms with Crippen molar-refractivity contribution < 1.29 is 13.9 Å². The predicted octanol–water partition coefficient (Wildman–Crippen LogP) is 5.36. The Bertz CT molecular complexity index is 1140. The van der Waals surface area contributed by atoms with Crippen molar-refractivity contribution >= 4 is 45.3 Å². The third kappa shape index (κ3) is 3.52. The molecular weight excluding hydrogens is 455 g/mol. The van der Waals surface area contributed by atoms with Crippen LogP contribution < -0.4 is 10.1 Å². The van der Waals surface area contributed by atoms with Gasteiger partial charge in [0.15, 0.2) is 5.58 Å². The molecule has 0 bridgehead atoms. The molecule has 1 amide bonds. The molecule has 0 atom stereocenters. The number of ether oxygens (including phenoxy) is 1. The number of fused-ring (bicyclic) bond motifs is 1. The van der Waals surface area contributed by atoms with Crippen molar-refractivity contribution in [2.45, 2.75) is 0 Å². The number of nitrogens with one attached hydrogen (secondary N) is 1. The lowest BCUT2D eigenvalue weighted by atomic mass is 10.2. The Morgan fingerprint density at radius 3 is 2.67 bits per heavy atom. The van der Waals surface area contributed by atoms with Gasteiger partial charge in [-0.2, -0.15) is 0 Å². The van der Waals surface area contributed by atoms with Crippen molar-refractivity contribution in [3.05, 3.63) is 75.9 Å². The van der Waals surface area contributed by atoms with Crippen molar-refractivity contribution in [1.82, 2.24) is 4.98 Å². The molecule has 6 heteroatoms. The molecule has 0 saturated carbocycles. The molecule has 5 nitrogen and oxygen atoms in total. The number of hydrogen-bond acceptors (Lipinski definition) is 4. The average molecular weight is 470 g/mol. The summed E-state index contributed by atoms with van der Waals surface area (Å²) in [6.45, 7) is 0. The van der Waals surface area contributed by atoms with Crippen molar-refractivity contribution in [3.63, 3.8) is 0 Å². The van der Waals surface area contributed by atoms with Gasteiger partial charge in [-0.25, -0.2) is 4.98 Å². The summed E-state index contributed by atoms with van der Waals surface area (Å²) in [7, 11) is 1.61. The van der Waals surface area contributed by atoms with Crippen LogP contribution in [0.3, 0.4) is 0 Å². The van der Waals surface area contributed by atoms with Crippen LogP contribution in [0.2, 0.25) is 0 Å². The van der Waals surface area contributed by atoms with E-state index in [1.54, 1.807) is 31.4 Å². The molecule has 4 rings (SSSR count). The molecule has 0 aliphatic rings. The number of oxazole rings is 1. The lowest BCUT2D eigenvalue weighted by Gasteiger charge is -2.06. The minimum atomic E-state index is -0.159. The smallest absolute Gasteiger partial charge is 0.256 e. The van der Waals surface area contributed by atoms with E-state index in [1.807, 2.05) is 42.5 Å². The molecule has 1 N–H and O–H groups in total. The highest BCUT2D eigenvalue weighted by Gasteiger charge is 2.14. The van der Waals surface area contributed by atoms with Gasteiger partial charge >= 0.3 is 0 Å². The summed E-state index contributed by atoms with van der Waals surface area (Å²) in [5.41, 5.74) is 3.38. The summed E-state index contributed by atoms with van der Waals surface area (Å²) in [5, 5.41) is 2.91. The Hall–Kier alpha value is -2.87. The summed E-state index contributed by atoms with van der Waals surface area (Å²) in [6, 6.07) is 20.4. The van der Waals surface area contributed by atoms with E-state index in [0.717, 1.165) is 9.13 Å². The molecule has 4 aromatic rings. The van der Waals surface area contributed by atoms with Crippen molar-refractivity contribution in [1.29, 1.82) is 0 Å². The van der Waals surface area contributed by atoms with E-state index < -0.39 is 0 Å². The Morgan fingerprint density at radius 2 is 1.85 bits per heavy atom. The number of para-hydroxylation sites is 1. The van der Waals surface area contributed by atoms with Crippen LogP contribution >= 0.6 is 22.6 Å². The molecule has 0 fully saturated rings. The Morgan fingerprint density at radius 1 is 1.07 bits per heavy atom. The van der Waals surface area contributed by atoms with E-state index in [9.17, 15) is 4.79 Å². The van der Waals surface area contributed by atoms with Crippen LogP contribution in [-0.2, 0) is 0 Å². The number of anilines is 1. The van der Waals surface area contributed by atoms with Crippen LogP contribution in [0.4, 0.5) is 5.69 Å². The highest BCUT2D eigenvalue weighted by Crippen LogP contribution is 2.32. The number of carbonyl (C=O) groups excluding carboxylic acids is 1. The van der Waals surface area contributed by atoms with Crippen LogP contribution in [-0.4, -0.2) is 18.0 Å². The number of carbonyl (C=O) groups is 1. The molecule has 134 valence electrons. The fourth-order valence-electron chi connectivity index (χ4n) is 2.79. The Balaban J connectivity index is 1.65. The first-order valence-electron chi connectivity index (χ1n) is 8.25. The van der Waals surface area contributed by atoms with E-state index >= 15 is 0 Å². The molecule has 0 spiro atoms. The van der Waals surface area contributed by atoms with Gasteiger partial charge in [0.1, 0.15) is 11.3 Å². The van der Waals surface area contributed by atoms with Gasteiger partial charge < -0.3 is 14.5 Å². The SMILES string of the molecule is COc1ccccc1-c1nc2cc(NC(=O)c3ccccc3I)ccc2o1. The second-order valence-corrected chi connectivity index (χ2v) is 7.00. The summed E-state index contributed by atoms with van der Waals surface area (Å²) < 4.78 is 12.1. The van der Waals surface area contributed by atoms with Crippen LogP contribution in [0, 0.1) is 3.57 Å². The Labute approximate surface area is 169 Å². The lowest BCUT2D eigenvalue weighted by molar-refractivity contribution is 0.102. The van der Waals surface area contributed by atoms with E-state index in [0.29, 0.717) is 34.0 Å². The number of rotatable bonds is 4. The minimum Gasteiger partial charge on any atom is -0.496 e. The molecular formula is C21H15IN2O3. The van der Waals surface area contributed by atoms with Gasteiger partial charge in [-0.1, -0.05) is 24.3 Å². The number of methoxy groups -OCH3 is 1. The van der Waals surface area contributed by atoms with Crippen LogP contribution in [0.1, 0.15) is 10.4 Å². The number of halogens is 1. The van der Waals surface area contributed by atoms with Crippen LogP contribution in [0.15, 0.2) is 71.1 Å². The quantitative estimate of drug-likeness (QED) is 0.408. The molecule has 0 saturated heterocycles. The average Bonchev–Trinajstić information content (AvgIpc) is 3.11. The third-order valence-corrected chi connectivity index (χ3v) is 5.04. The van der Waals surface area contributed by atoms with Gasteiger partial charge in [-0.05, 0) is 65.1 Å². The van der Waals surface area contributed by atoms with Crippen molar-refractivity contribution in [3.8, 4) is 17.2 Å². The number of hydrogen-bond donors (Lipinski definition) is 1. The molecule has 0 aliphatic carbocycles. The van der Waals surface area contributed by atoms with Crippen molar-refractivity contribution in [2.75, 3.05) is 12.4 Å². The zero-order valence-corrected chi connectivity index (χ0v) is 16.6. The third-order valence-electron chi connectivity index (χ3n) is 4.10. The highest BCUT2D eigenvalue weighted by atomic mass is 127. The zero-order chi connectivity index (χ0) is 18.8. The molecule has 3 aromatic carbocycles. The van der Waals surface area contributed by atoms with Gasteiger partial charge in [0.25, 0.3) is 5.91 Å². The minimum absolute atomic E-state index is 0.159. The topological polar surface area (TPSA) is 64.4 Å². The summed E-state index contributed by atoms with van der Waals surface area (Å²) in [6.07, 6.45) is 0. The maximum atomic E-state index is 12.5. The lowest BCUT2D eigenvalue weighted by Crippen LogP contribution is -2.13. The molecule has 27 heavy (non-hydrogen) atoms. The second-order valence-electron chi connectivity index (χ2n) is 5.84. The normalized spacial score (nSPS) is 10.7. The summed E-state index contributed by atoms with van der Waals surface area (Å²) in [5.74, 6) is 1.01. The van der Waals surface area contributed by atoms with Crippen LogP contribution in [0.25, 0.3) is 22.6 Å². The summed E-state index contributed by atoms with van der Waals surface area (Å²) in [4.78, 5) is 17.1. The van der Waals surface area contributed by atoms with Gasteiger partial charge in [0.05, 0.1) is 18.2 Å². The molecule has 0 unspecified atom stereocenters. The number of aromatic nitrogens is 1. The van der Waals surface area contributed by atoms with Crippen LogP contribution in [0.5, 0.6) is 5.75 Å². The van der Waals surface area contributed by atoms with E-state index in [2.05, 4.69) is 32.9 Å². The molecule has 1 aromatic heterocycles. The summed E-state index contributed by atoms with van der Waals surface area (Å²) >= 11 is 2.15. The maximum Gasteiger partial charge on any atom is 0.256 e. The van der Waals surface area contributed by atoms with Gasteiger partial charge in [-0.15, -0.1) is 0 Å². The highest BCUT2D eigenvalue weighted by molar-refractivity contribution is 14.1. The van der Waals surface area contributed by atoms with E-state index in [1.165, 1.54) is 0 Å². The molecule has 1 heterocycles. The van der Waals surface area contributed by atoms with E-state index in [-0.39, 0.29) is 5.91 Å². The van der Waals surface area contributed by atoms with Gasteiger partial charge in [0.2, 0.25) is 5.89 Å². The Kier molecular flexibility index (Phi) is 4.81. The maximum absolute atomic E-state index is 12.5. The fraction of sp³-hybridized carbons (Fsp3) is 0.0476. The molecule has 0 aliphatic heterocycles. The van der Waals surface area contributed by atoms with Gasteiger partial charge in [0, 0.05) is 9.26 Å². The van der Waals surface area contributed by atoms with Gasteiger partial charge in [-0.3, -0.25) is 4.79 Å². The monoisotopic (exact) mass is 470 g/mol. The number of benzene rings is 3. The van der Waals surface area contributed by atoms with Crippen molar-refractivity contribution in [2.24, 2.45) is 0 Å². The first-order valence-corrected chi connectivity index (χ1v) is 9.33. The largest absolute Gasteiger partial charge is 0.496 e.